The molecular formula is C14H15NO. The molecule has 1 heterocycles. The summed E-state index contributed by atoms with van der Waals surface area (Å²) in [7, 11) is 0. The quantitative estimate of drug-likeness (QED) is 0.756. The first-order valence-corrected chi connectivity index (χ1v) is 5.35. The Bertz CT molecular complexity index is 431. The highest BCUT2D eigenvalue weighted by molar-refractivity contribution is 5.93. The third-order valence-corrected chi connectivity index (χ3v) is 2.35. The zero-order valence-electron chi connectivity index (χ0n) is 9.39. The molecule has 1 aliphatic rings. The van der Waals surface area contributed by atoms with Gasteiger partial charge in [0.25, 0.3) is 0 Å². The third-order valence-electron chi connectivity index (χ3n) is 2.35. The van der Waals surface area contributed by atoms with Gasteiger partial charge in [0, 0.05) is 5.57 Å². The van der Waals surface area contributed by atoms with Crippen molar-refractivity contribution in [3.63, 3.8) is 0 Å². The van der Waals surface area contributed by atoms with E-state index in [2.05, 4.69) is 35.9 Å². The molecule has 2 nitrogen and oxygen atoms in total. The number of hydrogen-bond acceptors (Lipinski definition) is 2. The van der Waals surface area contributed by atoms with E-state index in [4.69, 9.17) is 4.74 Å². The van der Waals surface area contributed by atoms with Gasteiger partial charge in [0.15, 0.2) is 0 Å². The second-order valence-electron chi connectivity index (χ2n) is 3.86. The van der Waals surface area contributed by atoms with Crippen molar-refractivity contribution in [1.29, 1.82) is 0 Å². The molecule has 0 spiro atoms. The smallest absolute Gasteiger partial charge is 0.211 e. The van der Waals surface area contributed by atoms with E-state index < -0.39 is 0 Å². The van der Waals surface area contributed by atoms with Crippen LogP contribution in [0.4, 0.5) is 0 Å². The topological polar surface area (TPSA) is 21.6 Å². The molecule has 0 saturated carbocycles. The zero-order valence-corrected chi connectivity index (χ0v) is 9.39. The number of hydrogen-bond donors (Lipinski definition) is 0. The number of ether oxygens (including phenoxy) is 1. The Hall–Kier alpha value is -1.83. The summed E-state index contributed by atoms with van der Waals surface area (Å²) in [5.41, 5.74) is 2.07. The first-order valence-electron chi connectivity index (χ1n) is 5.35. The van der Waals surface area contributed by atoms with Crippen LogP contribution in [0.3, 0.4) is 0 Å². The van der Waals surface area contributed by atoms with Crippen LogP contribution < -0.4 is 0 Å². The van der Waals surface area contributed by atoms with Crippen LogP contribution in [-0.2, 0) is 4.74 Å². The number of benzene rings is 1. The third kappa shape index (κ3) is 2.60. The van der Waals surface area contributed by atoms with E-state index in [1.54, 1.807) is 0 Å². The summed E-state index contributed by atoms with van der Waals surface area (Å²) in [6.45, 7) is 6.33. The Morgan fingerprint density at radius 3 is 2.81 bits per heavy atom. The Morgan fingerprint density at radius 1 is 1.44 bits per heavy atom. The second-order valence-corrected chi connectivity index (χ2v) is 3.86. The summed E-state index contributed by atoms with van der Waals surface area (Å²) < 4.78 is 5.41. The van der Waals surface area contributed by atoms with Gasteiger partial charge < -0.3 is 4.74 Å². The fraction of sp³-hybridized carbons (Fsp3) is 0.214. The molecule has 0 radical (unpaired) electrons. The molecule has 2 rings (SSSR count). The second kappa shape index (κ2) is 4.79. The lowest BCUT2D eigenvalue weighted by atomic mass is 10.2. The van der Waals surface area contributed by atoms with E-state index in [0.717, 1.165) is 5.57 Å². The SMILES string of the molecule is C=C(C)C1=NC(C=Cc2ccccc2)CO1. The van der Waals surface area contributed by atoms with E-state index in [-0.39, 0.29) is 6.04 Å². The number of rotatable bonds is 3. The summed E-state index contributed by atoms with van der Waals surface area (Å²) >= 11 is 0. The average Bonchev–Trinajstić information content (AvgIpc) is 2.76. The van der Waals surface area contributed by atoms with Gasteiger partial charge in [-0.2, -0.15) is 0 Å². The summed E-state index contributed by atoms with van der Waals surface area (Å²) in [5, 5.41) is 0. The summed E-state index contributed by atoms with van der Waals surface area (Å²) in [5.74, 6) is 0.683. The van der Waals surface area contributed by atoms with Gasteiger partial charge in [-0.25, -0.2) is 4.99 Å². The summed E-state index contributed by atoms with van der Waals surface area (Å²) in [6, 6.07) is 10.3. The van der Waals surface area contributed by atoms with Crippen LogP contribution in [0.2, 0.25) is 0 Å². The molecule has 16 heavy (non-hydrogen) atoms. The predicted octanol–water partition coefficient (Wildman–Crippen LogP) is 3.07. The maximum absolute atomic E-state index is 5.41. The van der Waals surface area contributed by atoms with Gasteiger partial charge in [0.05, 0.1) is 0 Å². The average molecular weight is 213 g/mol. The van der Waals surface area contributed by atoms with Crippen molar-refractivity contribution in [2.75, 3.05) is 6.61 Å². The monoisotopic (exact) mass is 213 g/mol. The van der Waals surface area contributed by atoms with E-state index in [1.807, 2.05) is 25.1 Å². The molecule has 1 aliphatic heterocycles. The largest absolute Gasteiger partial charge is 0.475 e. The van der Waals surface area contributed by atoms with Crippen molar-refractivity contribution in [3.05, 3.63) is 54.1 Å². The normalized spacial score (nSPS) is 19.6. The fourth-order valence-electron chi connectivity index (χ4n) is 1.51. The van der Waals surface area contributed by atoms with Crippen LogP contribution in [-0.4, -0.2) is 18.5 Å². The van der Waals surface area contributed by atoms with E-state index >= 15 is 0 Å². The molecule has 0 aliphatic carbocycles. The Labute approximate surface area is 96.0 Å². The van der Waals surface area contributed by atoms with Gasteiger partial charge in [0.2, 0.25) is 5.90 Å². The number of aliphatic imine (C=N–C) groups is 1. The van der Waals surface area contributed by atoms with Gasteiger partial charge in [-0.05, 0) is 12.5 Å². The lowest BCUT2D eigenvalue weighted by Gasteiger charge is -1.97. The molecule has 82 valence electrons. The first kappa shape index (κ1) is 10.7. The molecule has 0 bridgehead atoms. The number of nitrogens with zero attached hydrogens (tertiary/aromatic N) is 1. The molecule has 1 atom stereocenters. The molecule has 0 amide bonds. The summed E-state index contributed by atoms with van der Waals surface area (Å²) in [4.78, 5) is 4.41. The van der Waals surface area contributed by atoms with E-state index in [9.17, 15) is 0 Å². The molecule has 0 fully saturated rings. The van der Waals surface area contributed by atoms with Crippen molar-refractivity contribution in [2.45, 2.75) is 13.0 Å². The molecule has 0 N–H and O–H groups in total. The minimum atomic E-state index is 0.118. The lowest BCUT2D eigenvalue weighted by molar-refractivity contribution is 0.331. The van der Waals surface area contributed by atoms with Crippen LogP contribution >= 0.6 is 0 Å². The maximum Gasteiger partial charge on any atom is 0.211 e. The van der Waals surface area contributed by atoms with Crippen molar-refractivity contribution in [1.82, 2.24) is 0 Å². The first-order chi connectivity index (χ1) is 7.75. The van der Waals surface area contributed by atoms with Crippen molar-refractivity contribution in [3.8, 4) is 0 Å². The van der Waals surface area contributed by atoms with Gasteiger partial charge in [0.1, 0.15) is 12.6 Å². The van der Waals surface area contributed by atoms with Gasteiger partial charge >= 0.3 is 0 Å². The van der Waals surface area contributed by atoms with Gasteiger partial charge in [-0.3, -0.25) is 0 Å². The van der Waals surface area contributed by atoms with Gasteiger partial charge in [-0.1, -0.05) is 49.1 Å². The highest BCUT2D eigenvalue weighted by atomic mass is 16.5. The lowest BCUT2D eigenvalue weighted by Crippen LogP contribution is -2.02. The summed E-state index contributed by atoms with van der Waals surface area (Å²) in [6.07, 6.45) is 4.13. The minimum absolute atomic E-state index is 0.118. The molecule has 2 heteroatoms. The van der Waals surface area contributed by atoms with Gasteiger partial charge in [-0.15, -0.1) is 0 Å². The van der Waals surface area contributed by atoms with Crippen molar-refractivity contribution >= 4 is 12.0 Å². The molecular weight excluding hydrogens is 198 g/mol. The van der Waals surface area contributed by atoms with Crippen LogP contribution in [0.5, 0.6) is 0 Å². The highest BCUT2D eigenvalue weighted by Gasteiger charge is 2.15. The van der Waals surface area contributed by atoms with Crippen LogP contribution in [0.1, 0.15) is 12.5 Å². The molecule has 1 aromatic rings. The van der Waals surface area contributed by atoms with Crippen molar-refractivity contribution < 1.29 is 4.74 Å². The van der Waals surface area contributed by atoms with E-state index in [0.29, 0.717) is 12.5 Å². The Morgan fingerprint density at radius 2 is 2.19 bits per heavy atom. The zero-order chi connectivity index (χ0) is 11.4. The standard InChI is InChI=1S/C14H15NO/c1-11(2)14-15-13(10-16-14)9-8-12-6-4-3-5-7-12/h3-9,13H,1,10H2,2H3. The highest BCUT2D eigenvalue weighted by Crippen LogP contribution is 2.12. The fourth-order valence-corrected chi connectivity index (χ4v) is 1.51. The molecule has 0 saturated heterocycles. The molecule has 1 aromatic carbocycles. The van der Waals surface area contributed by atoms with Crippen LogP contribution in [0.25, 0.3) is 6.08 Å². The van der Waals surface area contributed by atoms with Crippen LogP contribution in [0, 0.1) is 0 Å². The Balaban J connectivity index is 2.02. The maximum atomic E-state index is 5.41. The Kier molecular flexibility index (Phi) is 3.20. The van der Waals surface area contributed by atoms with Crippen molar-refractivity contribution in [2.24, 2.45) is 4.99 Å². The molecule has 1 unspecified atom stereocenters. The van der Waals surface area contributed by atoms with Crippen LogP contribution in [0.15, 0.2) is 53.6 Å². The molecule has 0 aromatic heterocycles. The van der Waals surface area contributed by atoms with E-state index in [1.165, 1.54) is 5.56 Å². The minimum Gasteiger partial charge on any atom is -0.475 e. The predicted molar refractivity (Wildman–Crippen MR) is 67.5 cm³/mol.